The molecule has 2 rings (SSSR count). The van der Waals surface area contributed by atoms with Crippen molar-refractivity contribution in [1.82, 2.24) is 0 Å². The molecule has 1 saturated carbocycles. The highest BCUT2D eigenvalue weighted by Gasteiger charge is 2.24. The minimum Gasteiger partial charge on any atom is -0.371 e. The zero-order valence-corrected chi connectivity index (χ0v) is 13.4. The van der Waals surface area contributed by atoms with Gasteiger partial charge in [0, 0.05) is 28.6 Å². The number of anilines is 1. The molecule has 1 nitrogen and oxygen atoms in total. The molecular weight excluding hydrogens is 342 g/mol. The second kappa shape index (κ2) is 6.24. The number of nitrogens with zero attached hydrogens (tertiary/aromatic N) is 1. The summed E-state index contributed by atoms with van der Waals surface area (Å²) < 4.78 is 1.17. The molecule has 0 N–H and O–H groups in total. The first-order chi connectivity index (χ1) is 8.24. The van der Waals surface area contributed by atoms with Crippen LogP contribution in [-0.2, 0) is 5.33 Å². The van der Waals surface area contributed by atoms with Crippen molar-refractivity contribution in [3.8, 4) is 0 Å². The predicted molar refractivity (Wildman–Crippen MR) is 82.0 cm³/mol. The lowest BCUT2D eigenvalue weighted by atomic mass is 10.1. The van der Waals surface area contributed by atoms with Crippen molar-refractivity contribution in [3.05, 3.63) is 28.2 Å². The van der Waals surface area contributed by atoms with E-state index in [0.717, 1.165) is 17.8 Å². The first kappa shape index (κ1) is 13.4. The highest BCUT2D eigenvalue weighted by molar-refractivity contribution is 9.10. The molecule has 0 amide bonds. The molecule has 0 radical (unpaired) electrons. The summed E-state index contributed by atoms with van der Waals surface area (Å²) >= 11 is 7.15. The molecular formula is C14H19Br2N. The molecule has 3 heteroatoms. The average Bonchev–Trinajstić information content (AvgIpc) is 3.12. The Bertz CT molecular complexity index is 374. The molecule has 94 valence electrons. The van der Waals surface area contributed by atoms with Crippen molar-refractivity contribution < 1.29 is 0 Å². The van der Waals surface area contributed by atoms with Crippen LogP contribution >= 0.6 is 31.9 Å². The lowest BCUT2D eigenvalue weighted by molar-refractivity contribution is 0.706. The standard InChI is InChI=1S/C14H19Br2N/c1-2-7-17(10-11-3-4-11)14-6-5-13(16)8-12(14)9-15/h5-6,8,11H,2-4,7,9-10H2,1H3. The number of hydrogen-bond donors (Lipinski definition) is 0. The van der Waals surface area contributed by atoms with Crippen LogP contribution in [0, 0.1) is 5.92 Å². The molecule has 0 heterocycles. The van der Waals surface area contributed by atoms with E-state index in [1.165, 1.54) is 41.5 Å². The van der Waals surface area contributed by atoms with Crippen LogP contribution < -0.4 is 4.90 Å². The van der Waals surface area contributed by atoms with Crippen LogP contribution in [0.5, 0.6) is 0 Å². The van der Waals surface area contributed by atoms with E-state index in [0.29, 0.717) is 0 Å². The molecule has 1 aromatic rings. The van der Waals surface area contributed by atoms with E-state index in [4.69, 9.17) is 0 Å². The monoisotopic (exact) mass is 359 g/mol. The van der Waals surface area contributed by atoms with Gasteiger partial charge in [0.05, 0.1) is 0 Å². The first-order valence-electron chi connectivity index (χ1n) is 6.34. The van der Waals surface area contributed by atoms with Crippen LogP contribution in [0.2, 0.25) is 0 Å². The summed E-state index contributed by atoms with van der Waals surface area (Å²) in [5.41, 5.74) is 2.78. The van der Waals surface area contributed by atoms with Crippen molar-refractivity contribution in [2.24, 2.45) is 5.92 Å². The van der Waals surface area contributed by atoms with E-state index in [9.17, 15) is 0 Å². The summed E-state index contributed by atoms with van der Waals surface area (Å²) in [6.07, 6.45) is 4.05. The van der Waals surface area contributed by atoms with E-state index in [-0.39, 0.29) is 0 Å². The van der Waals surface area contributed by atoms with Gasteiger partial charge in [-0.2, -0.15) is 0 Å². The summed E-state index contributed by atoms with van der Waals surface area (Å²) in [6, 6.07) is 6.62. The van der Waals surface area contributed by atoms with Gasteiger partial charge in [-0.05, 0) is 48.9 Å². The Morgan fingerprint density at radius 2 is 2.12 bits per heavy atom. The maximum atomic E-state index is 3.60. The second-order valence-electron chi connectivity index (χ2n) is 4.80. The highest BCUT2D eigenvalue weighted by atomic mass is 79.9. The van der Waals surface area contributed by atoms with Crippen molar-refractivity contribution in [1.29, 1.82) is 0 Å². The summed E-state index contributed by atoms with van der Waals surface area (Å²) in [5, 5.41) is 0.923. The minimum atomic E-state index is 0.923. The lowest BCUT2D eigenvalue weighted by Gasteiger charge is -2.26. The van der Waals surface area contributed by atoms with Gasteiger partial charge >= 0.3 is 0 Å². The largest absolute Gasteiger partial charge is 0.371 e. The fraction of sp³-hybridized carbons (Fsp3) is 0.571. The molecule has 0 atom stereocenters. The van der Waals surface area contributed by atoms with Gasteiger partial charge in [0.15, 0.2) is 0 Å². The fourth-order valence-corrected chi connectivity index (χ4v) is 3.02. The SMILES string of the molecule is CCCN(CC1CC1)c1ccc(Br)cc1CBr. The van der Waals surface area contributed by atoms with E-state index >= 15 is 0 Å². The van der Waals surface area contributed by atoms with Gasteiger partial charge in [-0.15, -0.1) is 0 Å². The van der Waals surface area contributed by atoms with Gasteiger partial charge in [0.1, 0.15) is 0 Å². The van der Waals surface area contributed by atoms with Crippen LogP contribution in [0.4, 0.5) is 5.69 Å². The number of alkyl halides is 1. The van der Waals surface area contributed by atoms with Gasteiger partial charge in [-0.1, -0.05) is 38.8 Å². The van der Waals surface area contributed by atoms with Crippen LogP contribution in [-0.4, -0.2) is 13.1 Å². The fourth-order valence-electron chi connectivity index (χ4n) is 2.16. The van der Waals surface area contributed by atoms with Crippen molar-refractivity contribution in [2.45, 2.75) is 31.5 Å². The average molecular weight is 361 g/mol. The molecule has 0 aromatic heterocycles. The lowest BCUT2D eigenvalue weighted by Crippen LogP contribution is -2.27. The van der Waals surface area contributed by atoms with E-state index in [1.807, 2.05) is 0 Å². The normalized spacial score (nSPS) is 15.0. The van der Waals surface area contributed by atoms with E-state index in [2.05, 4.69) is 61.9 Å². The van der Waals surface area contributed by atoms with Crippen LogP contribution in [0.1, 0.15) is 31.7 Å². The molecule has 1 aromatic carbocycles. The van der Waals surface area contributed by atoms with E-state index < -0.39 is 0 Å². The summed E-state index contributed by atoms with van der Waals surface area (Å²) in [6.45, 7) is 4.65. The Hall–Kier alpha value is -0.0200. The molecule has 17 heavy (non-hydrogen) atoms. The number of halogens is 2. The second-order valence-corrected chi connectivity index (χ2v) is 6.27. The maximum absolute atomic E-state index is 3.60. The maximum Gasteiger partial charge on any atom is 0.0408 e. The smallest absolute Gasteiger partial charge is 0.0408 e. The highest BCUT2D eigenvalue weighted by Crippen LogP contribution is 2.33. The van der Waals surface area contributed by atoms with Gasteiger partial charge in [0.2, 0.25) is 0 Å². The van der Waals surface area contributed by atoms with Crippen LogP contribution in [0.3, 0.4) is 0 Å². The van der Waals surface area contributed by atoms with Gasteiger partial charge < -0.3 is 4.90 Å². The zero-order valence-electron chi connectivity index (χ0n) is 10.3. The summed E-state index contributed by atoms with van der Waals surface area (Å²) in [7, 11) is 0. The number of hydrogen-bond acceptors (Lipinski definition) is 1. The topological polar surface area (TPSA) is 3.24 Å². The zero-order chi connectivity index (χ0) is 12.3. The molecule has 1 fully saturated rings. The molecule has 0 saturated heterocycles. The third-order valence-corrected chi connectivity index (χ3v) is 4.29. The van der Waals surface area contributed by atoms with Crippen molar-refractivity contribution in [2.75, 3.05) is 18.0 Å². The Morgan fingerprint density at radius 1 is 1.35 bits per heavy atom. The summed E-state index contributed by atoms with van der Waals surface area (Å²) in [4.78, 5) is 2.56. The van der Waals surface area contributed by atoms with Crippen LogP contribution in [0.25, 0.3) is 0 Å². The first-order valence-corrected chi connectivity index (χ1v) is 8.25. The number of rotatable bonds is 6. The Balaban J connectivity index is 2.20. The van der Waals surface area contributed by atoms with Gasteiger partial charge in [-0.25, -0.2) is 0 Å². The molecule has 0 bridgehead atoms. The minimum absolute atomic E-state index is 0.923. The Labute approximate surface area is 121 Å². The molecule has 1 aliphatic carbocycles. The van der Waals surface area contributed by atoms with Gasteiger partial charge in [-0.3, -0.25) is 0 Å². The molecule has 0 spiro atoms. The third-order valence-electron chi connectivity index (χ3n) is 3.20. The summed E-state index contributed by atoms with van der Waals surface area (Å²) in [5.74, 6) is 0.938. The number of benzene rings is 1. The Kier molecular flexibility index (Phi) is 4.92. The quantitative estimate of drug-likeness (QED) is 0.647. The van der Waals surface area contributed by atoms with Crippen molar-refractivity contribution in [3.63, 3.8) is 0 Å². The molecule has 0 aliphatic heterocycles. The third kappa shape index (κ3) is 3.72. The van der Waals surface area contributed by atoms with E-state index in [1.54, 1.807) is 0 Å². The predicted octanol–water partition coefficient (Wildman–Crippen LogP) is 4.97. The molecule has 0 unspecified atom stereocenters. The van der Waals surface area contributed by atoms with Crippen molar-refractivity contribution >= 4 is 37.5 Å². The molecule has 1 aliphatic rings. The van der Waals surface area contributed by atoms with Gasteiger partial charge in [0.25, 0.3) is 0 Å². The Morgan fingerprint density at radius 3 is 2.71 bits per heavy atom. The van der Waals surface area contributed by atoms with Crippen LogP contribution in [0.15, 0.2) is 22.7 Å².